The second kappa shape index (κ2) is 5.04. The summed E-state index contributed by atoms with van der Waals surface area (Å²) in [5.41, 5.74) is 0.558. The van der Waals surface area contributed by atoms with Crippen molar-refractivity contribution in [2.24, 2.45) is 0 Å². The molecule has 0 aliphatic heterocycles. The maximum atomic E-state index is 12.9. The summed E-state index contributed by atoms with van der Waals surface area (Å²) < 4.78 is 38.5. The first-order chi connectivity index (χ1) is 8.54. The molecular formula is C14H9F3O. The molecule has 18 heavy (non-hydrogen) atoms. The summed E-state index contributed by atoms with van der Waals surface area (Å²) in [4.78, 5) is 11.8. The van der Waals surface area contributed by atoms with Gasteiger partial charge in [0, 0.05) is 18.1 Å². The van der Waals surface area contributed by atoms with Crippen LogP contribution in [-0.2, 0) is 6.42 Å². The molecule has 2 aromatic rings. The van der Waals surface area contributed by atoms with Crippen LogP contribution in [0.5, 0.6) is 0 Å². The number of Topliss-reactive ketones (excluding diaryl/α,β-unsaturated/α-hetero) is 1. The average molecular weight is 250 g/mol. The lowest BCUT2D eigenvalue weighted by Crippen LogP contribution is -2.04. The molecule has 0 saturated carbocycles. The molecule has 0 spiro atoms. The third-order valence-electron chi connectivity index (χ3n) is 2.45. The number of hydrogen-bond donors (Lipinski definition) is 0. The van der Waals surface area contributed by atoms with Crippen molar-refractivity contribution >= 4 is 5.78 Å². The van der Waals surface area contributed by atoms with Crippen molar-refractivity contribution in [3.8, 4) is 0 Å². The fraction of sp³-hybridized carbons (Fsp3) is 0.0714. The topological polar surface area (TPSA) is 17.1 Å². The lowest BCUT2D eigenvalue weighted by Gasteiger charge is -2.02. The molecule has 0 bridgehead atoms. The minimum atomic E-state index is -0.725. The van der Waals surface area contributed by atoms with Gasteiger partial charge in [-0.25, -0.2) is 13.2 Å². The molecule has 4 heteroatoms. The van der Waals surface area contributed by atoms with E-state index in [1.54, 1.807) is 0 Å². The highest BCUT2D eigenvalue weighted by molar-refractivity contribution is 5.97. The van der Waals surface area contributed by atoms with Crippen molar-refractivity contribution in [2.45, 2.75) is 6.42 Å². The predicted octanol–water partition coefficient (Wildman–Crippen LogP) is 3.53. The van der Waals surface area contributed by atoms with Crippen molar-refractivity contribution in [3.63, 3.8) is 0 Å². The Hall–Kier alpha value is -2.10. The quantitative estimate of drug-likeness (QED) is 0.761. The van der Waals surface area contributed by atoms with Gasteiger partial charge < -0.3 is 0 Å². The molecule has 1 nitrogen and oxygen atoms in total. The standard InChI is InChI=1S/C14H9F3O/c15-11-3-1-10(2-4-11)14(18)7-9-5-12(16)8-13(17)6-9/h1-6,8H,7H2. The molecule has 0 amide bonds. The Bertz CT molecular complexity index is 556. The van der Waals surface area contributed by atoms with Crippen LogP contribution in [0.1, 0.15) is 15.9 Å². The molecule has 92 valence electrons. The highest BCUT2D eigenvalue weighted by Gasteiger charge is 2.09. The monoisotopic (exact) mass is 250 g/mol. The van der Waals surface area contributed by atoms with Gasteiger partial charge in [0.2, 0.25) is 0 Å². The second-order valence-electron chi connectivity index (χ2n) is 3.88. The number of carbonyl (C=O) groups is 1. The molecule has 2 aromatic carbocycles. The lowest BCUT2D eigenvalue weighted by atomic mass is 10.0. The molecule has 0 aliphatic rings. The third kappa shape index (κ3) is 2.97. The van der Waals surface area contributed by atoms with Gasteiger partial charge in [-0.1, -0.05) is 0 Å². The largest absolute Gasteiger partial charge is 0.294 e. The van der Waals surface area contributed by atoms with Crippen molar-refractivity contribution in [1.82, 2.24) is 0 Å². The number of carbonyl (C=O) groups excluding carboxylic acids is 1. The number of ketones is 1. The van der Waals surface area contributed by atoms with Crippen LogP contribution in [0.2, 0.25) is 0 Å². The summed E-state index contributed by atoms with van der Waals surface area (Å²) in [5.74, 6) is -2.21. The predicted molar refractivity (Wildman–Crippen MR) is 60.8 cm³/mol. The van der Waals surface area contributed by atoms with Crippen LogP contribution in [-0.4, -0.2) is 5.78 Å². The van der Waals surface area contributed by atoms with Crippen LogP contribution in [0.15, 0.2) is 42.5 Å². The van der Waals surface area contributed by atoms with E-state index in [0.29, 0.717) is 5.56 Å². The third-order valence-corrected chi connectivity index (χ3v) is 2.45. The molecule has 0 fully saturated rings. The number of rotatable bonds is 3. The van der Waals surface area contributed by atoms with Gasteiger partial charge in [0.1, 0.15) is 17.5 Å². The van der Waals surface area contributed by atoms with Crippen molar-refractivity contribution in [3.05, 3.63) is 71.0 Å². The minimum absolute atomic E-state index is 0.125. The number of hydrogen-bond acceptors (Lipinski definition) is 1. The van der Waals surface area contributed by atoms with Crippen LogP contribution >= 0.6 is 0 Å². The molecule has 0 N–H and O–H groups in total. The highest BCUT2D eigenvalue weighted by Crippen LogP contribution is 2.12. The average Bonchev–Trinajstić information content (AvgIpc) is 2.28. The second-order valence-corrected chi connectivity index (χ2v) is 3.88. The maximum Gasteiger partial charge on any atom is 0.167 e. The van der Waals surface area contributed by atoms with E-state index in [1.807, 2.05) is 0 Å². The SMILES string of the molecule is O=C(Cc1cc(F)cc(F)c1)c1ccc(F)cc1. The molecule has 0 heterocycles. The molecule has 0 aromatic heterocycles. The first kappa shape index (κ1) is 12.4. The van der Waals surface area contributed by atoms with E-state index >= 15 is 0 Å². The molecule has 0 unspecified atom stereocenters. The van der Waals surface area contributed by atoms with Gasteiger partial charge in [0.05, 0.1) is 0 Å². The smallest absolute Gasteiger partial charge is 0.167 e. The van der Waals surface area contributed by atoms with Gasteiger partial charge >= 0.3 is 0 Å². The van der Waals surface area contributed by atoms with Crippen LogP contribution in [0.3, 0.4) is 0 Å². The summed E-state index contributed by atoms with van der Waals surface area (Å²) in [6.45, 7) is 0. The minimum Gasteiger partial charge on any atom is -0.294 e. The van der Waals surface area contributed by atoms with Crippen LogP contribution in [0.4, 0.5) is 13.2 Å². The van der Waals surface area contributed by atoms with E-state index in [9.17, 15) is 18.0 Å². The fourth-order valence-electron chi connectivity index (χ4n) is 1.64. The van der Waals surface area contributed by atoms with E-state index in [2.05, 4.69) is 0 Å². The van der Waals surface area contributed by atoms with Crippen molar-refractivity contribution < 1.29 is 18.0 Å². The molecule has 0 atom stereocenters. The number of halogens is 3. The van der Waals surface area contributed by atoms with E-state index in [4.69, 9.17) is 0 Å². The summed E-state index contributed by atoms with van der Waals surface area (Å²) >= 11 is 0. The van der Waals surface area contributed by atoms with Gasteiger partial charge in [-0.3, -0.25) is 4.79 Å². The Balaban J connectivity index is 2.18. The van der Waals surface area contributed by atoms with Gasteiger partial charge in [0.25, 0.3) is 0 Å². The van der Waals surface area contributed by atoms with Gasteiger partial charge in [-0.05, 0) is 42.0 Å². The van der Waals surface area contributed by atoms with Gasteiger partial charge in [-0.15, -0.1) is 0 Å². The molecule has 0 aliphatic carbocycles. The Morgan fingerprint density at radius 1 is 0.833 bits per heavy atom. The van der Waals surface area contributed by atoms with Crippen molar-refractivity contribution in [1.29, 1.82) is 0 Å². The van der Waals surface area contributed by atoms with Crippen LogP contribution < -0.4 is 0 Å². The van der Waals surface area contributed by atoms with Gasteiger partial charge in [-0.2, -0.15) is 0 Å². The zero-order valence-corrected chi connectivity index (χ0v) is 9.29. The summed E-state index contributed by atoms with van der Waals surface area (Å²) in [5, 5.41) is 0. The van der Waals surface area contributed by atoms with Crippen molar-refractivity contribution in [2.75, 3.05) is 0 Å². The fourth-order valence-corrected chi connectivity index (χ4v) is 1.64. The molecule has 0 radical (unpaired) electrons. The zero-order valence-electron chi connectivity index (χ0n) is 9.29. The molecular weight excluding hydrogens is 241 g/mol. The Kier molecular flexibility index (Phi) is 3.46. The highest BCUT2D eigenvalue weighted by atomic mass is 19.1. The van der Waals surface area contributed by atoms with E-state index in [0.717, 1.165) is 18.2 Å². The number of benzene rings is 2. The van der Waals surface area contributed by atoms with Crippen LogP contribution in [0, 0.1) is 17.5 Å². The molecule has 2 rings (SSSR count). The van der Waals surface area contributed by atoms with Crippen LogP contribution in [0.25, 0.3) is 0 Å². The maximum absolute atomic E-state index is 12.9. The Labute approximate surface area is 102 Å². The van der Waals surface area contributed by atoms with Gasteiger partial charge in [0.15, 0.2) is 5.78 Å². The summed E-state index contributed by atoms with van der Waals surface area (Å²) in [6.07, 6.45) is -0.125. The van der Waals surface area contributed by atoms with E-state index < -0.39 is 17.5 Å². The summed E-state index contributed by atoms with van der Waals surface area (Å²) in [6, 6.07) is 7.96. The Morgan fingerprint density at radius 2 is 1.39 bits per heavy atom. The zero-order chi connectivity index (χ0) is 13.1. The normalized spacial score (nSPS) is 10.4. The Morgan fingerprint density at radius 3 is 1.94 bits per heavy atom. The summed E-state index contributed by atoms with van der Waals surface area (Å²) in [7, 11) is 0. The molecule has 0 saturated heterocycles. The first-order valence-corrected chi connectivity index (χ1v) is 5.28. The van der Waals surface area contributed by atoms with E-state index in [1.165, 1.54) is 24.3 Å². The van der Waals surface area contributed by atoms with E-state index in [-0.39, 0.29) is 17.8 Å². The first-order valence-electron chi connectivity index (χ1n) is 5.28. The lowest BCUT2D eigenvalue weighted by molar-refractivity contribution is 0.0993.